The van der Waals surface area contributed by atoms with Crippen molar-refractivity contribution in [2.45, 2.75) is 46.3 Å². The molecule has 1 unspecified atom stereocenters. The van der Waals surface area contributed by atoms with E-state index in [0.29, 0.717) is 6.54 Å². The molecule has 0 aromatic heterocycles. The summed E-state index contributed by atoms with van der Waals surface area (Å²) in [7, 11) is 0. The first kappa shape index (κ1) is 16.3. The van der Waals surface area contributed by atoms with Gasteiger partial charge in [0.25, 0.3) is 0 Å². The number of hydrogen-bond acceptors (Lipinski definition) is 2. The number of benzene rings is 1. The van der Waals surface area contributed by atoms with Gasteiger partial charge in [-0.1, -0.05) is 18.2 Å². The molecule has 4 nitrogen and oxygen atoms in total. The maximum atomic E-state index is 5.81. The first-order valence-corrected chi connectivity index (χ1v) is 7.19. The van der Waals surface area contributed by atoms with Gasteiger partial charge >= 0.3 is 0 Å². The molecular formula is C16H27N3O. The zero-order chi connectivity index (χ0) is 15.0. The van der Waals surface area contributed by atoms with Crippen LogP contribution in [0.3, 0.4) is 0 Å². The van der Waals surface area contributed by atoms with Gasteiger partial charge in [-0.2, -0.15) is 0 Å². The predicted molar refractivity (Wildman–Crippen MR) is 85.4 cm³/mol. The van der Waals surface area contributed by atoms with Crippen LogP contribution in [0.5, 0.6) is 5.75 Å². The fraction of sp³-hybridized carbons (Fsp3) is 0.562. The van der Waals surface area contributed by atoms with Gasteiger partial charge in [0.05, 0.1) is 6.54 Å². The molecule has 0 saturated heterocycles. The van der Waals surface area contributed by atoms with Crippen LogP contribution in [0.25, 0.3) is 0 Å². The van der Waals surface area contributed by atoms with Crippen LogP contribution in [0.1, 0.15) is 34.6 Å². The van der Waals surface area contributed by atoms with Gasteiger partial charge in [-0.3, -0.25) is 0 Å². The molecule has 0 aliphatic carbocycles. The van der Waals surface area contributed by atoms with Crippen LogP contribution >= 0.6 is 0 Å². The van der Waals surface area contributed by atoms with Crippen molar-refractivity contribution in [1.82, 2.24) is 10.6 Å². The number of para-hydroxylation sites is 1. The van der Waals surface area contributed by atoms with Crippen LogP contribution in [0.2, 0.25) is 0 Å². The van der Waals surface area contributed by atoms with Crippen molar-refractivity contribution < 1.29 is 4.74 Å². The van der Waals surface area contributed by atoms with E-state index < -0.39 is 0 Å². The molecule has 20 heavy (non-hydrogen) atoms. The molecule has 2 N–H and O–H groups in total. The molecule has 0 spiro atoms. The summed E-state index contributed by atoms with van der Waals surface area (Å²) in [4.78, 5) is 4.56. The zero-order valence-electron chi connectivity index (χ0n) is 13.2. The van der Waals surface area contributed by atoms with Gasteiger partial charge in [0.1, 0.15) is 11.9 Å². The minimum Gasteiger partial charge on any atom is -0.489 e. The van der Waals surface area contributed by atoms with Crippen LogP contribution in [-0.2, 0) is 0 Å². The molecule has 0 radical (unpaired) electrons. The van der Waals surface area contributed by atoms with Crippen LogP contribution in [-0.4, -0.2) is 30.7 Å². The SMILES string of the molecule is CCNC(=NCC(C)Oc1ccccc1)NC(C)(C)C. The van der Waals surface area contributed by atoms with E-state index in [4.69, 9.17) is 4.74 Å². The molecule has 0 fully saturated rings. The third-order valence-corrected chi connectivity index (χ3v) is 2.42. The Balaban J connectivity index is 2.53. The smallest absolute Gasteiger partial charge is 0.191 e. The molecule has 1 atom stereocenters. The van der Waals surface area contributed by atoms with Gasteiger partial charge in [0.15, 0.2) is 5.96 Å². The van der Waals surface area contributed by atoms with Crippen LogP contribution < -0.4 is 15.4 Å². The van der Waals surface area contributed by atoms with Crippen molar-refractivity contribution >= 4 is 5.96 Å². The van der Waals surface area contributed by atoms with Crippen molar-refractivity contribution in [3.63, 3.8) is 0 Å². The fourth-order valence-electron chi connectivity index (χ4n) is 1.65. The molecule has 1 rings (SSSR count). The highest BCUT2D eigenvalue weighted by atomic mass is 16.5. The Labute approximate surface area is 122 Å². The summed E-state index contributed by atoms with van der Waals surface area (Å²) in [5, 5.41) is 6.60. The largest absolute Gasteiger partial charge is 0.489 e. The summed E-state index contributed by atoms with van der Waals surface area (Å²) >= 11 is 0. The monoisotopic (exact) mass is 277 g/mol. The van der Waals surface area contributed by atoms with Crippen molar-refractivity contribution in [2.24, 2.45) is 4.99 Å². The van der Waals surface area contributed by atoms with E-state index in [-0.39, 0.29) is 11.6 Å². The topological polar surface area (TPSA) is 45.7 Å². The fourth-order valence-corrected chi connectivity index (χ4v) is 1.65. The lowest BCUT2D eigenvalue weighted by atomic mass is 10.1. The first-order chi connectivity index (χ1) is 9.40. The number of aliphatic imine (C=N–C) groups is 1. The van der Waals surface area contributed by atoms with E-state index in [0.717, 1.165) is 18.3 Å². The third kappa shape index (κ3) is 7.02. The van der Waals surface area contributed by atoms with E-state index in [1.807, 2.05) is 37.3 Å². The summed E-state index contributed by atoms with van der Waals surface area (Å²) in [6.07, 6.45) is 0.0350. The van der Waals surface area contributed by atoms with Crippen LogP contribution in [0.4, 0.5) is 0 Å². The predicted octanol–water partition coefficient (Wildman–Crippen LogP) is 2.81. The molecule has 0 aliphatic rings. The number of guanidine groups is 1. The molecule has 0 bridgehead atoms. The molecule has 1 aromatic rings. The van der Waals surface area contributed by atoms with Crippen molar-refractivity contribution in [2.75, 3.05) is 13.1 Å². The highest BCUT2D eigenvalue weighted by Crippen LogP contribution is 2.10. The number of hydrogen-bond donors (Lipinski definition) is 2. The maximum absolute atomic E-state index is 5.81. The lowest BCUT2D eigenvalue weighted by Gasteiger charge is -2.24. The number of nitrogens with zero attached hydrogens (tertiary/aromatic N) is 1. The molecule has 112 valence electrons. The quantitative estimate of drug-likeness (QED) is 0.642. The Morgan fingerprint density at radius 2 is 1.90 bits per heavy atom. The van der Waals surface area contributed by atoms with Gasteiger partial charge in [-0.15, -0.1) is 0 Å². The lowest BCUT2D eigenvalue weighted by Crippen LogP contribution is -2.47. The molecular weight excluding hydrogens is 250 g/mol. The number of ether oxygens (including phenoxy) is 1. The van der Waals surface area contributed by atoms with E-state index >= 15 is 0 Å². The molecule has 0 heterocycles. The minimum absolute atomic E-state index is 0.00940. The summed E-state index contributed by atoms with van der Waals surface area (Å²) < 4.78 is 5.81. The summed E-state index contributed by atoms with van der Waals surface area (Å²) in [5.74, 6) is 1.70. The Hall–Kier alpha value is -1.71. The second-order valence-corrected chi connectivity index (χ2v) is 5.84. The zero-order valence-corrected chi connectivity index (χ0v) is 13.2. The Morgan fingerprint density at radius 3 is 2.45 bits per heavy atom. The average molecular weight is 277 g/mol. The van der Waals surface area contributed by atoms with Crippen LogP contribution in [0, 0.1) is 0 Å². The van der Waals surface area contributed by atoms with E-state index in [1.54, 1.807) is 0 Å². The first-order valence-electron chi connectivity index (χ1n) is 7.19. The van der Waals surface area contributed by atoms with E-state index in [2.05, 4.69) is 43.3 Å². The Kier molecular flexibility index (Phi) is 6.36. The van der Waals surface area contributed by atoms with Crippen molar-refractivity contribution in [1.29, 1.82) is 0 Å². The normalized spacial score (nSPS) is 13.8. The van der Waals surface area contributed by atoms with Gasteiger partial charge in [0.2, 0.25) is 0 Å². The summed E-state index contributed by atoms with van der Waals surface area (Å²) in [5.41, 5.74) is -0.00940. The number of nitrogens with one attached hydrogen (secondary N) is 2. The second-order valence-electron chi connectivity index (χ2n) is 5.84. The van der Waals surface area contributed by atoms with E-state index in [1.165, 1.54) is 0 Å². The maximum Gasteiger partial charge on any atom is 0.191 e. The van der Waals surface area contributed by atoms with Crippen molar-refractivity contribution in [3.05, 3.63) is 30.3 Å². The van der Waals surface area contributed by atoms with Gasteiger partial charge in [-0.05, 0) is 46.8 Å². The summed E-state index contributed by atoms with van der Waals surface area (Å²) in [6.45, 7) is 11.9. The molecule has 0 aliphatic heterocycles. The van der Waals surface area contributed by atoms with E-state index in [9.17, 15) is 0 Å². The summed E-state index contributed by atoms with van der Waals surface area (Å²) in [6, 6.07) is 9.83. The Morgan fingerprint density at radius 1 is 1.25 bits per heavy atom. The van der Waals surface area contributed by atoms with Crippen LogP contribution in [0.15, 0.2) is 35.3 Å². The highest BCUT2D eigenvalue weighted by molar-refractivity contribution is 5.80. The minimum atomic E-state index is -0.00940. The molecule has 1 aromatic carbocycles. The number of rotatable bonds is 5. The highest BCUT2D eigenvalue weighted by Gasteiger charge is 2.12. The third-order valence-electron chi connectivity index (χ3n) is 2.42. The molecule has 0 saturated carbocycles. The average Bonchev–Trinajstić information content (AvgIpc) is 2.36. The van der Waals surface area contributed by atoms with Gasteiger partial charge in [0, 0.05) is 12.1 Å². The second kappa shape index (κ2) is 7.78. The molecule has 0 amide bonds. The molecule has 4 heteroatoms. The standard InChI is InChI=1S/C16H27N3O/c1-6-17-15(19-16(3,4)5)18-12-13(2)20-14-10-8-7-9-11-14/h7-11,13H,6,12H2,1-5H3,(H2,17,18,19). The van der Waals surface area contributed by atoms with Gasteiger partial charge in [-0.25, -0.2) is 4.99 Å². The lowest BCUT2D eigenvalue weighted by molar-refractivity contribution is 0.230. The Bertz CT molecular complexity index is 409. The van der Waals surface area contributed by atoms with Crippen molar-refractivity contribution in [3.8, 4) is 5.75 Å². The van der Waals surface area contributed by atoms with Gasteiger partial charge < -0.3 is 15.4 Å².